The van der Waals surface area contributed by atoms with Gasteiger partial charge in [-0.05, 0) is 38.2 Å². The van der Waals surface area contributed by atoms with Crippen LogP contribution in [0.15, 0.2) is 39.2 Å². The van der Waals surface area contributed by atoms with Crippen molar-refractivity contribution in [2.24, 2.45) is 0 Å². The van der Waals surface area contributed by atoms with E-state index in [-0.39, 0.29) is 0 Å². The highest BCUT2D eigenvalue weighted by molar-refractivity contribution is 5.76. The summed E-state index contributed by atoms with van der Waals surface area (Å²) in [4.78, 5) is 6.54. The lowest BCUT2D eigenvalue weighted by Gasteiger charge is -2.12. The Balaban J connectivity index is 1.72. The molecule has 0 atom stereocenters. The highest BCUT2D eigenvalue weighted by Crippen LogP contribution is 2.19. The lowest BCUT2D eigenvalue weighted by atomic mass is 10.3. The van der Waals surface area contributed by atoms with E-state index in [4.69, 9.17) is 14.6 Å². The summed E-state index contributed by atoms with van der Waals surface area (Å²) < 4.78 is 11.3. The van der Waals surface area contributed by atoms with Gasteiger partial charge in [0.05, 0.1) is 13.1 Å². The van der Waals surface area contributed by atoms with E-state index >= 15 is 0 Å². The minimum atomic E-state index is 0.619. The molecule has 0 bridgehead atoms. The summed E-state index contributed by atoms with van der Waals surface area (Å²) >= 11 is 0. The fourth-order valence-electron chi connectivity index (χ4n) is 2.18. The molecule has 0 unspecified atom stereocenters. The van der Waals surface area contributed by atoms with Crippen molar-refractivity contribution in [1.82, 2.24) is 9.88 Å². The quantitative estimate of drug-likeness (QED) is 0.739. The molecule has 0 saturated carbocycles. The summed E-state index contributed by atoms with van der Waals surface area (Å²) in [6.45, 7) is 3.28. The van der Waals surface area contributed by atoms with Gasteiger partial charge in [-0.2, -0.15) is 0 Å². The molecule has 0 spiro atoms. The summed E-state index contributed by atoms with van der Waals surface area (Å²) in [5.74, 6) is 2.53. The van der Waals surface area contributed by atoms with E-state index in [1.165, 1.54) is 0 Å². The number of furan rings is 1. The van der Waals surface area contributed by atoms with Crippen LogP contribution in [0.2, 0.25) is 0 Å². The number of fused-ring (bicyclic) bond motifs is 1. The lowest BCUT2D eigenvalue weighted by molar-refractivity contribution is 0.260. The smallest absolute Gasteiger partial charge is 0.209 e. The molecule has 0 aliphatic carbocycles. The van der Waals surface area contributed by atoms with E-state index in [1.54, 1.807) is 6.07 Å². The van der Waals surface area contributed by atoms with E-state index in [0.29, 0.717) is 24.7 Å². The summed E-state index contributed by atoms with van der Waals surface area (Å²) in [7, 11) is 2.00. The van der Waals surface area contributed by atoms with Gasteiger partial charge >= 0.3 is 0 Å². The number of nitrogens with zero attached hydrogens (tertiary/aromatic N) is 2. The Morgan fingerprint density at radius 2 is 2.00 bits per heavy atom. The number of aromatic nitrogens is 1. The average molecular weight is 271 g/mol. The van der Waals surface area contributed by atoms with Crippen LogP contribution in [0.5, 0.6) is 0 Å². The number of hydrogen-bond donors (Lipinski definition) is 1. The van der Waals surface area contributed by atoms with E-state index in [9.17, 15) is 0 Å². The number of aryl methyl sites for hydroxylation is 1. The predicted octanol–water partition coefficient (Wildman–Crippen LogP) is 2.94. The topological polar surface area (TPSA) is 68.4 Å². The van der Waals surface area contributed by atoms with Gasteiger partial charge in [-0.25, -0.2) is 4.98 Å². The van der Waals surface area contributed by atoms with E-state index < -0.39 is 0 Å². The number of oxazole rings is 1. The second kappa shape index (κ2) is 5.02. The Morgan fingerprint density at radius 1 is 1.15 bits per heavy atom. The first kappa shape index (κ1) is 12.7. The van der Waals surface area contributed by atoms with Gasteiger partial charge in [0.2, 0.25) is 5.89 Å². The number of benzene rings is 1. The maximum absolute atomic E-state index is 5.73. The van der Waals surface area contributed by atoms with Crippen LogP contribution in [0.3, 0.4) is 0 Å². The summed E-state index contributed by atoms with van der Waals surface area (Å²) in [6.07, 6.45) is 0. The molecule has 0 radical (unpaired) electrons. The van der Waals surface area contributed by atoms with Crippen LogP contribution in [0.1, 0.15) is 17.4 Å². The van der Waals surface area contributed by atoms with Gasteiger partial charge in [-0.1, -0.05) is 0 Å². The van der Waals surface area contributed by atoms with Gasteiger partial charge < -0.3 is 14.6 Å². The molecule has 0 fully saturated rings. The Morgan fingerprint density at radius 3 is 2.75 bits per heavy atom. The maximum Gasteiger partial charge on any atom is 0.209 e. The van der Waals surface area contributed by atoms with Gasteiger partial charge in [-0.15, -0.1) is 0 Å². The van der Waals surface area contributed by atoms with Gasteiger partial charge in [0, 0.05) is 11.8 Å². The van der Waals surface area contributed by atoms with Crippen LogP contribution in [-0.4, -0.2) is 16.9 Å². The molecule has 3 aromatic rings. The van der Waals surface area contributed by atoms with Crippen molar-refractivity contribution in [2.45, 2.75) is 20.0 Å². The molecule has 5 nitrogen and oxygen atoms in total. The van der Waals surface area contributed by atoms with Crippen molar-refractivity contribution in [3.63, 3.8) is 0 Å². The molecule has 104 valence electrons. The number of nitrogen functional groups attached to an aromatic ring is 1. The number of rotatable bonds is 4. The van der Waals surface area contributed by atoms with Gasteiger partial charge in [-0.3, -0.25) is 4.90 Å². The first-order valence-corrected chi connectivity index (χ1v) is 6.49. The van der Waals surface area contributed by atoms with Crippen molar-refractivity contribution in [3.8, 4) is 0 Å². The summed E-state index contributed by atoms with van der Waals surface area (Å²) in [5, 5.41) is 0. The van der Waals surface area contributed by atoms with Crippen LogP contribution in [-0.2, 0) is 13.1 Å². The predicted molar refractivity (Wildman–Crippen MR) is 77.0 cm³/mol. The van der Waals surface area contributed by atoms with Crippen LogP contribution in [0.4, 0.5) is 5.69 Å². The Labute approximate surface area is 117 Å². The molecule has 5 heteroatoms. The minimum absolute atomic E-state index is 0.619. The third-order valence-electron chi connectivity index (χ3n) is 3.08. The van der Waals surface area contributed by atoms with Crippen molar-refractivity contribution in [3.05, 3.63) is 47.7 Å². The normalized spacial score (nSPS) is 11.6. The van der Waals surface area contributed by atoms with Crippen LogP contribution in [0, 0.1) is 6.92 Å². The highest BCUT2D eigenvalue weighted by Gasteiger charge is 2.10. The first-order valence-electron chi connectivity index (χ1n) is 6.49. The second-order valence-electron chi connectivity index (χ2n) is 5.02. The average Bonchev–Trinajstić information content (AvgIpc) is 2.94. The van der Waals surface area contributed by atoms with E-state index in [0.717, 1.165) is 22.6 Å². The van der Waals surface area contributed by atoms with Crippen molar-refractivity contribution in [1.29, 1.82) is 0 Å². The molecule has 0 aliphatic heterocycles. The number of nitrogens with two attached hydrogens (primary N) is 1. The molecule has 2 aromatic heterocycles. The zero-order chi connectivity index (χ0) is 14.1. The van der Waals surface area contributed by atoms with Crippen LogP contribution < -0.4 is 5.73 Å². The Hall–Kier alpha value is -2.27. The second-order valence-corrected chi connectivity index (χ2v) is 5.02. The molecule has 2 N–H and O–H groups in total. The molecule has 20 heavy (non-hydrogen) atoms. The number of anilines is 1. The molecular formula is C15H17N3O2. The molecule has 0 amide bonds. The monoisotopic (exact) mass is 271 g/mol. The molecular weight excluding hydrogens is 254 g/mol. The molecule has 2 heterocycles. The van der Waals surface area contributed by atoms with Crippen LogP contribution in [0.25, 0.3) is 11.1 Å². The van der Waals surface area contributed by atoms with Crippen molar-refractivity contribution in [2.75, 3.05) is 12.8 Å². The fraction of sp³-hybridized carbons (Fsp3) is 0.267. The zero-order valence-corrected chi connectivity index (χ0v) is 11.6. The van der Waals surface area contributed by atoms with Gasteiger partial charge in [0.1, 0.15) is 17.0 Å². The van der Waals surface area contributed by atoms with Gasteiger partial charge in [0.15, 0.2) is 5.58 Å². The SMILES string of the molecule is Cc1ccc(CN(C)Cc2nc3ccc(N)cc3o2)o1. The Bertz CT molecular complexity index is 730. The van der Waals surface area contributed by atoms with E-state index in [1.807, 2.05) is 38.2 Å². The first-order chi connectivity index (χ1) is 9.60. The summed E-state index contributed by atoms with van der Waals surface area (Å²) in [5.41, 5.74) is 7.96. The van der Waals surface area contributed by atoms with Crippen molar-refractivity contribution >= 4 is 16.8 Å². The number of hydrogen-bond acceptors (Lipinski definition) is 5. The standard InChI is InChI=1S/C15H17N3O2/c1-10-3-5-12(19-10)8-18(2)9-15-17-13-6-4-11(16)7-14(13)20-15/h3-7H,8-9,16H2,1-2H3. The van der Waals surface area contributed by atoms with Gasteiger partial charge in [0.25, 0.3) is 0 Å². The molecule has 3 rings (SSSR count). The summed E-state index contributed by atoms with van der Waals surface area (Å²) in [6, 6.07) is 9.43. The zero-order valence-electron chi connectivity index (χ0n) is 11.6. The lowest BCUT2D eigenvalue weighted by Crippen LogP contribution is -2.16. The maximum atomic E-state index is 5.73. The fourth-order valence-corrected chi connectivity index (χ4v) is 2.18. The Kier molecular flexibility index (Phi) is 3.20. The minimum Gasteiger partial charge on any atom is -0.465 e. The highest BCUT2D eigenvalue weighted by atomic mass is 16.4. The molecule has 1 aromatic carbocycles. The molecule has 0 saturated heterocycles. The third kappa shape index (κ3) is 2.67. The largest absolute Gasteiger partial charge is 0.465 e. The van der Waals surface area contributed by atoms with Crippen molar-refractivity contribution < 1.29 is 8.83 Å². The van der Waals surface area contributed by atoms with E-state index in [2.05, 4.69) is 9.88 Å². The molecule has 0 aliphatic rings. The third-order valence-corrected chi connectivity index (χ3v) is 3.08. The van der Waals surface area contributed by atoms with Crippen LogP contribution >= 0.6 is 0 Å².